The minimum Gasteiger partial charge on any atom is -0.451 e. The molecule has 4 rings (SSSR count). The van der Waals surface area contributed by atoms with Crippen molar-refractivity contribution in [1.29, 1.82) is 0 Å². The molecule has 2 aromatic carbocycles. The van der Waals surface area contributed by atoms with Gasteiger partial charge >= 0.3 is 5.97 Å². The fourth-order valence-corrected chi connectivity index (χ4v) is 3.29. The molecule has 3 aromatic rings. The van der Waals surface area contributed by atoms with Crippen molar-refractivity contribution < 1.29 is 19.1 Å². The Kier molecular flexibility index (Phi) is 4.75. The molecule has 0 spiro atoms. The van der Waals surface area contributed by atoms with Gasteiger partial charge in [0.2, 0.25) is 0 Å². The van der Waals surface area contributed by atoms with Crippen molar-refractivity contribution in [1.82, 2.24) is 14.9 Å². The number of carbonyl (C=O) groups is 3. The van der Waals surface area contributed by atoms with E-state index in [0.717, 1.165) is 4.90 Å². The predicted octanol–water partition coefficient (Wildman–Crippen LogP) is 2.62. The monoisotopic (exact) mass is 403 g/mol. The number of aromatic nitrogens is 2. The molecular formula is C22H17N3O5. The number of carbonyl (C=O) groups excluding carboxylic acids is 3. The minimum atomic E-state index is -0.836. The summed E-state index contributed by atoms with van der Waals surface area (Å²) in [5.74, 6) is -1.42. The lowest BCUT2D eigenvalue weighted by atomic mass is 10.1. The number of rotatable bonds is 5. The van der Waals surface area contributed by atoms with Crippen LogP contribution in [0.25, 0.3) is 10.9 Å². The smallest absolute Gasteiger partial charge is 0.338 e. The Bertz CT molecular complexity index is 1280. The van der Waals surface area contributed by atoms with E-state index in [4.69, 9.17) is 4.74 Å². The van der Waals surface area contributed by atoms with Crippen LogP contribution < -0.4 is 5.56 Å². The fraction of sp³-hybridized carbons (Fsp3) is 0.136. The highest BCUT2D eigenvalue weighted by Gasteiger charge is 2.35. The topological polar surface area (TPSA) is 109 Å². The summed E-state index contributed by atoms with van der Waals surface area (Å²) in [7, 11) is 0. The van der Waals surface area contributed by atoms with Gasteiger partial charge < -0.3 is 9.72 Å². The Balaban J connectivity index is 1.58. The van der Waals surface area contributed by atoms with Crippen LogP contribution in [0.4, 0.5) is 0 Å². The molecule has 0 radical (unpaired) electrons. The Morgan fingerprint density at radius 3 is 2.67 bits per heavy atom. The molecule has 0 aliphatic carbocycles. The van der Waals surface area contributed by atoms with Crippen molar-refractivity contribution in [2.24, 2.45) is 0 Å². The maximum Gasteiger partial charge on any atom is 0.338 e. The third kappa shape index (κ3) is 3.18. The van der Waals surface area contributed by atoms with Gasteiger partial charge in [-0.05, 0) is 37.3 Å². The summed E-state index contributed by atoms with van der Waals surface area (Å²) in [6.45, 7) is 5.21. The molecule has 2 heterocycles. The molecule has 0 fully saturated rings. The number of benzene rings is 2. The largest absolute Gasteiger partial charge is 0.451 e. The zero-order valence-corrected chi connectivity index (χ0v) is 16.0. The summed E-state index contributed by atoms with van der Waals surface area (Å²) in [6, 6.07) is 11.0. The summed E-state index contributed by atoms with van der Waals surface area (Å²) in [4.78, 5) is 57.6. The van der Waals surface area contributed by atoms with Crippen LogP contribution in [0.3, 0.4) is 0 Å². The van der Waals surface area contributed by atoms with Crippen molar-refractivity contribution in [3.8, 4) is 0 Å². The molecule has 2 amide bonds. The van der Waals surface area contributed by atoms with Gasteiger partial charge in [-0.2, -0.15) is 0 Å². The van der Waals surface area contributed by atoms with Gasteiger partial charge in [0.1, 0.15) is 0 Å². The van der Waals surface area contributed by atoms with Crippen LogP contribution >= 0.6 is 0 Å². The van der Waals surface area contributed by atoms with Crippen LogP contribution in [0.2, 0.25) is 0 Å². The third-order valence-electron chi connectivity index (χ3n) is 4.82. The van der Waals surface area contributed by atoms with Gasteiger partial charge in [-0.15, -0.1) is 6.58 Å². The van der Waals surface area contributed by atoms with Crippen LogP contribution in [0, 0.1) is 0 Å². The number of amides is 2. The van der Waals surface area contributed by atoms with Crippen LogP contribution in [0.15, 0.2) is 59.9 Å². The highest BCUT2D eigenvalue weighted by molar-refractivity contribution is 6.22. The molecule has 0 bridgehead atoms. The molecule has 1 aliphatic rings. The summed E-state index contributed by atoms with van der Waals surface area (Å²) in [5.41, 5.74) is 0.643. The normalized spacial score (nSPS) is 14.0. The van der Waals surface area contributed by atoms with Gasteiger partial charge in [0, 0.05) is 6.54 Å². The van der Waals surface area contributed by atoms with Crippen molar-refractivity contribution in [3.63, 3.8) is 0 Å². The van der Waals surface area contributed by atoms with Gasteiger partial charge in [0.15, 0.2) is 11.9 Å². The fourth-order valence-electron chi connectivity index (χ4n) is 3.29. The summed E-state index contributed by atoms with van der Waals surface area (Å²) in [5, 5.41) is 0.436. The van der Waals surface area contributed by atoms with E-state index in [1.54, 1.807) is 31.2 Å². The summed E-state index contributed by atoms with van der Waals surface area (Å²) in [6.07, 6.45) is 0.619. The minimum absolute atomic E-state index is 0.0875. The first-order valence-corrected chi connectivity index (χ1v) is 9.21. The number of para-hydroxylation sites is 1. The van der Waals surface area contributed by atoms with Crippen LogP contribution in [-0.2, 0) is 4.74 Å². The standard InChI is InChI=1S/C22H17N3O5/c1-3-10-25-20(27)14-9-8-13(11-16(14)21(25)28)22(29)30-12(2)18-23-17-7-5-4-6-15(17)19(26)24-18/h3-9,11-12H,1,10H2,2H3,(H,23,24,26)/t12-/m1/s1. The first-order valence-electron chi connectivity index (χ1n) is 9.21. The number of fused-ring (bicyclic) bond motifs is 2. The molecule has 1 N–H and O–H groups in total. The number of nitrogens with one attached hydrogen (secondary N) is 1. The Labute approximate surface area is 170 Å². The van der Waals surface area contributed by atoms with E-state index in [-0.39, 0.29) is 34.6 Å². The zero-order chi connectivity index (χ0) is 21.4. The molecular weight excluding hydrogens is 386 g/mol. The van der Waals surface area contributed by atoms with Gasteiger partial charge in [0.25, 0.3) is 17.4 Å². The highest BCUT2D eigenvalue weighted by Crippen LogP contribution is 2.25. The predicted molar refractivity (Wildman–Crippen MR) is 108 cm³/mol. The number of ether oxygens (including phenoxy) is 1. The van der Waals surface area contributed by atoms with E-state index in [1.807, 2.05) is 0 Å². The number of hydrogen-bond acceptors (Lipinski definition) is 6. The highest BCUT2D eigenvalue weighted by atomic mass is 16.5. The van der Waals surface area contributed by atoms with Crippen LogP contribution in [0.5, 0.6) is 0 Å². The number of H-pyrrole nitrogens is 1. The average molecular weight is 403 g/mol. The van der Waals surface area contributed by atoms with Crippen molar-refractivity contribution >= 4 is 28.7 Å². The number of imide groups is 1. The molecule has 1 aromatic heterocycles. The van der Waals surface area contributed by atoms with E-state index in [9.17, 15) is 19.2 Å². The van der Waals surface area contributed by atoms with Crippen LogP contribution in [0.1, 0.15) is 49.9 Å². The van der Waals surface area contributed by atoms with Gasteiger partial charge in [-0.1, -0.05) is 18.2 Å². The van der Waals surface area contributed by atoms with Crippen molar-refractivity contribution in [3.05, 3.63) is 88.0 Å². The van der Waals surface area contributed by atoms with E-state index >= 15 is 0 Å². The van der Waals surface area contributed by atoms with Gasteiger partial charge in [0.05, 0.1) is 27.6 Å². The second kappa shape index (κ2) is 7.40. The molecule has 8 heteroatoms. The first kappa shape index (κ1) is 19.3. The maximum absolute atomic E-state index is 12.6. The second-order valence-corrected chi connectivity index (χ2v) is 6.79. The molecule has 30 heavy (non-hydrogen) atoms. The molecule has 8 nitrogen and oxygen atoms in total. The van der Waals surface area contributed by atoms with Gasteiger partial charge in [-0.25, -0.2) is 9.78 Å². The van der Waals surface area contributed by atoms with E-state index in [0.29, 0.717) is 10.9 Å². The Morgan fingerprint density at radius 2 is 1.90 bits per heavy atom. The third-order valence-corrected chi connectivity index (χ3v) is 4.82. The van der Waals surface area contributed by atoms with E-state index in [1.165, 1.54) is 24.3 Å². The first-order chi connectivity index (χ1) is 14.4. The zero-order valence-electron chi connectivity index (χ0n) is 16.0. The number of esters is 1. The SMILES string of the molecule is C=CCN1C(=O)c2ccc(C(=O)O[C@H](C)c3nc4ccccc4c(=O)[nH]3)cc2C1=O. The molecule has 150 valence electrons. The maximum atomic E-state index is 12.6. The lowest BCUT2D eigenvalue weighted by Crippen LogP contribution is -2.29. The van der Waals surface area contributed by atoms with Crippen LogP contribution in [-0.4, -0.2) is 39.2 Å². The van der Waals surface area contributed by atoms with E-state index < -0.39 is 23.9 Å². The van der Waals surface area contributed by atoms with Crippen molar-refractivity contribution in [2.75, 3.05) is 6.54 Å². The van der Waals surface area contributed by atoms with Gasteiger partial charge in [-0.3, -0.25) is 19.3 Å². The number of hydrogen-bond donors (Lipinski definition) is 1. The van der Waals surface area contributed by atoms with E-state index in [2.05, 4.69) is 16.5 Å². The lowest BCUT2D eigenvalue weighted by molar-refractivity contribution is 0.0319. The molecule has 1 aliphatic heterocycles. The number of nitrogens with zero attached hydrogens (tertiary/aromatic N) is 2. The molecule has 0 unspecified atom stereocenters. The second-order valence-electron chi connectivity index (χ2n) is 6.79. The average Bonchev–Trinajstić information content (AvgIpc) is 2.98. The Morgan fingerprint density at radius 1 is 1.17 bits per heavy atom. The lowest BCUT2D eigenvalue weighted by Gasteiger charge is -2.13. The van der Waals surface area contributed by atoms with Crippen molar-refractivity contribution in [2.45, 2.75) is 13.0 Å². The Hall–Kier alpha value is -4.07. The molecule has 0 saturated heterocycles. The summed E-state index contributed by atoms with van der Waals surface area (Å²) >= 11 is 0. The quantitative estimate of drug-likeness (QED) is 0.398. The summed E-state index contributed by atoms with van der Waals surface area (Å²) < 4.78 is 5.42. The molecule has 0 saturated carbocycles. The molecule has 1 atom stereocenters. The number of aromatic amines is 1.